The van der Waals surface area contributed by atoms with Crippen LogP contribution in [0.2, 0.25) is 0 Å². The normalized spacial score (nSPS) is 10.6. The number of carboxylic acid groups (broad SMARTS) is 1. The maximum atomic E-state index is 13.1. The maximum Gasteiger partial charge on any atom is 0.311 e. The van der Waals surface area contributed by atoms with Crippen LogP contribution < -0.4 is 0 Å². The number of carbonyl (C=O) groups is 1. The van der Waals surface area contributed by atoms with Crippen molar-refractivity contribution in [3.05, 3.63) is 45.8 Å². The third-order valence-electron chi connectivity index (χ3n) is 1.79. The molecule has 6 heteroatoms. The van der Waals surface area contributed by atoms with E-state index in [0.717, 1.165) is 6.07 Å². The maximum absolute atomic E-state index is 13.1. The Morgan fingerprint density at radius 3 is 2.81 bits per heavy atom. The fourth-order valence-corrected chi connectivity index (χ4v) is 1.15. The summed E-state index contributed by atoms with van der Waals surface area (Å²) in [6, 6.07) is 3.65. The van der Waals surface area contributed by atoms with Gasteiger partial charge in [-0.2, -0.15) is 4.39 Å². The molecule has 1 rings (SSSR count). The van der Waals surface area contributed by atoms with Gasteiger partial charge < -0.3 is 5.11 Å². The average molecular weight is 225 g/mol. The highest BCUT2D eigenvalue weighted by Crippen LogP contribution is 2.23. The van der Waals surface area contributed by atoms with Gasteiger partial charge in [-0.05, 0) is 12.1 Å². The van der Waals surface area contributed by atoms with Crippen molar-refractivity contribution < 1.29 is 19.2 Å². The van der Waals surface area contributed by atoms with E-state index in [1.165, 1.54) is 24.3 Å². The van der Waals surface area contributed by atoms with Crippen molar-refractivity contribution in [3.63, 3.8) is 0 Å². The molecule has 0 unspecified atom stereocenters. The second kappa shape index (κ2) is 5.01. The fraction of sp³-hybridized carbons (Fsp3) is 0.100. The van der Waals surface area contributed by atoms with E-state index >= 15 is 0 Å². The Morgan fingerprint density at radius 1 is 1.56 bits per heavy atom. The van der Waals surface area contributed by atoms with Gasteiger partial charge in [-0.3, -0.25) is 14.9 Å². The Labute approximate surface area is 90.0 Å². The van der Waals surface area contributed by atoms with E-state index in [1.54, 1.807) is 0 Å². The largest absolute Gasteiger partial charge is 0.481 e. The minimum Gasteiger partial charge on any atom is -0.481 e. The number of nitro groups is 1. The van der Waals surface area contributed by atoms with Gasteiger partial charge in [0, 0.05) is 0 Å². The Bertz CT molecular complexity index is 456. The molecule has 0 radical (unpaired) electrons. The quantitative estimate of drug-likeness (QED) is 0.629. The smallest absolute Gasteiger partial charge is 0.311 e. The molecule has 1 aromatic carbocycles. The highest BCUT2D eigenvalue weighted by Gasteiger charge is 2.17. The summed E-state index contributed by atoms with van der Waals surface area (Å²) < 4.78 is 13.1. The van der Waals surface area contributed by atoms with E-state index in [-0.39, 0.29) is 12.0 Å². The summed E-state index contributed by atoms with van der Waals surface area (Å²) in [6.45, 7) is 0. The van der Waals surface area contributed by atoms with Crippen molar-refractivity contribution in [2.24, 2.45) is 0 Å². The molecule has 0 fully saturated rings. The topological polar surface area (TPSA) is 80.4 Å². The van der Waals surface area contributed by atoms with Crippen molar-refractivity contribution >= 4 is 17.7 Å². The number of rotatable bonds is 4. The molecule has 0 bridgehead atoms. The van der Waals surface area contributed by atoms with E-state index in [9.17, 15) is 19.3 Å². The summed E-state index contributed by atoms with van der Waals surface area (Å²) >= 11 is 0. The van der Waals surface area contributed by atoms with Crippen molar-refractivity contribution in [1.82, 2.24) is 0 Å². The number of nitro benzene ring substituents is 1. The number of carboxylic acids is 1. The number of benzene rings is 1. The zero-order valence-corrected chi connectivity index (χ0v) is 8.09. The molecule has 1 N–H and O–H groups in total. The minimum atomic E-state index is -1.06. The van der Waals surface area contributed by atoms with Crippen LogP contribution in [0, 0.1) is 15.9 Å². The van der Waals surface area contributed by atoms with Gasteiger partial charge in [-0.15, -0.1) is 0 Å². The van der Waals surface area contributed by atoms with E-state index in [4.69, 9.17) is 5.11 Å². The molecule has 0 aromatic heterocycles. The molecule has 0 spiro atoms. The molecule has 5 nitrogen and oxygen atoms in total. The summed E-state index contributed by atoms with van der Waals surface area (Å²) in [5.74, 6) is -2.00. The monoisotopic (exact) mass is 225 g/mol. The Morgan fingerprint density at radius 2 is 2.25 bits per heavy atom. The molecule has 0 aliphatic rings. The first-order chi connectivity index (χ1) is 7.52. The third-order valence-corrected chi connectivity index (χ3v) is 1.79. The van der Waals surface area contributed by atoms with Crippen LogP contribution in [-0.4, -0.2) is 16.0 Å². The van der Waals surface area contributed by atoms with Crippen LogP contribution in [-0.2, 0) is 4.79 Å². The lowest BCUT2D eigenvalue weighted by molar-refractivity contribution is -0.387. The average Bonchev–Trinajstić information content (AvgIpc) is 2.16. The van der Waals surface area contributed by atoms with Crippen LogP contribution in [0.15, 0.2) is 24.3 Å². The van der Waals surface area contributed by atoms with Crippen molar-refractivity contribution in [3.8, 4) is 0 Å². The van der Waals surface area contributed by atoms with Crippen LogP contribution in [0.3, 0.4) is 0 Å². The summed E-state index contributed by atoms with van der Waals surface area (Å²) in [6.07, 6.45) is 2.17. The lowest BCUT2D eigenvalue weighted by Gasteiger charge is -1.97. The van der Waals surface area contributed by atoms with Gasteiger partial charge in [-0.25, -0.2) is 0 Å². The van der Waals surface area contributed by atoms with E-state index in [0.29, 0.717) is 0 Å². The summed E-state index contributed by atoms with van der Waals surface area (Å²) in [4.78, 5) is 19.9. The number of aliphatic carboxylic acids is 1. The minimum absolute atomic E-state index is 0.0475. The molecule has 0 amide bonds. The zero-order valence-electron chi connectivity index (χ0n) is 8.09. The number of nitrogens with zero attached hydrogens (tertiary/aromatic N) is 1. The second-order valence-corrected chi connectivity index (χ2v) is 2.94. The highest BCUT2D eigenvalue weighted by molar-refractivity contribution is 5.71. The van der Waals surface area contributed by atoms with Gasteiger partial charge in [0.25, 0.3) is 0 Å². The molecule has 0 saturated heterocycles. The first kappa shape index (κ1) is 11.8. The van der Waals surface area contributed by atoms with Crippen molar-refractivity contribution in [2.45, 2.75) is 6.42 Å². The zero-order chi connectivity index (χ0) is 12.1. The SMILES string of the molecule is O=C(O)CC=Cc1cccc(F)c1[N+](=O)[O-]. The second-order valence-electron chi connectivity index (χ2n) is 2.94. The Hall–Kier alpha value is -2.24. The van der Waals surface area contributed by atoms with Crippen LogP contribution in [0.4, 0.5) is 10.1 Å². The predicted molar refractivity (Wildman–Crippen MR) is 54.3 cm³/mol. The Balaban J connectivity index is 3.04. The molecule has 84 valence electrons. The molecule has 0 aliphatic heterocycles. The lowest BCUT2D eigenvalue weighted by Crippen LogP contribution is -1.95. The molecular formula is C10H8FNO4. The van der Waals surface area contributed by atoms with Gasteiger partial charge in [-0.1, -0.05) is 18.2 Å². The summed E-state index contributed by atoms with van der Waals surface area (Å²) in [7, 11) is 0. The number of hydrogen-bond acceptors (Lipinski definition) is 3. The van der Waals surface area contributed by atoms with E-state index < -0.39 is 22.4 Å². The first-order valence-electron chi connectivity index (χ1n) is 4.33. The molecule has 16 heavy (non-hydrogen) atoms. The van der Waals surface area contributed by atoms with Crippen LogP contribution >= 0.6 is 0 Å². The first-order valence-corrected chi connectivity index (χ1v) is 4.33. The van der Waals surface area contributed by atoms with Gasteiger partial charge in [0.15, 0.2) is 0 Å². The third kappa shape index (κ3) is 2.88. The van der Waals surface area contributed by atoms with Crippen molar-refractivity contribution in [1.29, 1.82) is 0 Å². The van der Waals surface area contributed by atoms with Crippen LogP contribution in [0.25, 0.3) is 6.08 Å². The standard InChI is InChI=1S/C10H8FNO4/c11-8-5-1-3-7(10(8)12(15)16)4-2-6-9(13)14/h1-5H,6H2,(H,13,14). The predicted octanol–water partition coefficient (Wildman–Crippen LogP) is 2.22. The fourth-order valence-electron chi connectivity index (χ4n) is 1.15. The van der Waals surface area contributed by atoms with E-state index in [1.807, 2.05) is 0 Å². The Kier molecular flexibility index (Phi) is 3.71. The van der Waals surface area contributed by atoms with Gasteiger partial charge in [0.05, 0.1) is 16.9 Å². The molecule has 0 atom stereocenters. The van der Waals surface area contributed by atoms with Gasteiger partial charge >= 0.3 is 11.7 Å². The van der Waals surface area contributed by atoms with E-state index in [2.05, 4.69) is 0 Å². The molecule has 0 aliphatic carbocycles. The number of hydrogen-bond donors (Lipinski definition) is 1. The number of halogens is 1. The molecule has 1 aromatic rings. The van der Waals surface area contributed by atoms with Crippen molar-refractivity contribution in [2.75, 3.05) is 0 Å². The van der Waals surface area contributed by atoms with Gasteiger partial charge in [0.2, 0.25) is 5.82 Å². The summed E-state index contributed by atoms with van der Waals surface area (Å²) in [5, 5.41) is 18.9. The highest BCUT2D eigenvalue weighted by atomic mass is 19.1. The summed E-state index contributed by atoms with van der Waals surface area (Å²) in [5.41, 5.74) is -0.601. The van der Waals surface area contributed by atoms with Crippen LogP contribution in [0.1, 0.15) is 12.0 Å². The number of para-hydroxylation sites is 1. The lowest BCUT2D eigenvalue weighted by atomic mass is 10.1. The molecular weight excluding hydrogens is 217 g/mol. The molecule has 0 heterocycles. The van der Waals surface area contributed by atoms with Crippen LogP contribution in [0.5, 0.6) is 0 Å². The van der Waals surface area contributed by atoms with Gasteiger partial charge in [0.1, 0.15) is 0 Å². The molecule has 0 saturated carbocycles.